The van der Waals surface area contributed by atoms with E-state index in [4.69, 9.17) is 0 Å². The summed E-state index contributed by atoms with van der Waals surface area (Å²) in [6.45, 7) is 2.15. The summed E-state index contributed by atoms with van der Waals surface area (Å²) >= 11 is 1.35. The molecule has 9 heteroatoms. The summed E-state index contributed by atoms with van der Waals surface area (Å²) in [5.41, 5.74) is 0.0378. The predicted octanol–water partition coefficient (Wildman–Crippen LogP) is 2.32. The highest BCUT2D eigenvalue weighted by Crippen LogP contribution is 2.35. The molecule has 1 aromatic carbocycles. The van der Waals surface area contributed by atoms with Crippen molar-refractivity contribution in [1.29, 1.82) is 0 Å². The molecule has 1 saturated carbocycles. The molecule has 8 nitrogen and oxygen atoms in total. The van der Waals surface area contributed by atoms with E-state index in [1.54, 1.807) is 25.4 Å². The lowest BCUT2D eigenvalue weighted by atomic mass is 10.3. The Hall–Kier alpha value is -2.42. The minimum Gasteiger partial charge on any atom is -0.348 e. The van der Waals surface area contributed by atoms with Gasteiger partial charge in [0.25, 0.3) is 5.69 Å². The van der Waals surface area contributed by atoms with Gasteiger partial charge in [-0.2, -0.15) is 0 Å². The van der Waals surface area contributed by atoms with Crippen LogP contribution >= 0.6 is 11.8 Å². The van der Waals surface area contributed by atoms with E-state index in [-0.39, 0.29) is 16.8 Å². The van der Waals surface area contributed by atoms with Crippen LogP contribution in [0.2, 0.25) is 0 Å². The summed E-state index contributed by atoms with van der Waals surface area (Å²) < 4.78 is 2.01. The van der Waals surface area contributed by atoms with Crippen LogP contribution in [-0.2, 0) is 11.3 Å². The molecule has 24 heavy (non-hydrogen) atoms. The maximum Gasteiger partial charge on any atom is 0.269 e. The molecule has 126 valence electrons. The van der Waals surface area contributed by atoms with Gasteiger partial charge in [-0.1, -0.05) is 0 Å². The molecule has 0 bridgehead atoms. The van der Waals surface area contributed by atoms with Gasteiger partial charge in [-0.05, 0) is 31.9 Å². The maximum absolute atomic E-state index is 12.2. The van der Waals surface area contributed by atoms with E-state index in [0.29, 0.717) is 12.6 Å². The van der Waals surface area contributed by atoms with Crippen LogP contribution in [-0.4, -0.2) is 30.8 Å². The van der Waals surface area contributed by atoms with Crippen LogP contribution < -0.4 is 5.32 Å². The zero-order valence-electron chi connectivity index (χ0n) is 13.1. The van der Waals surface area contributed by atoms with Gasteiger partial charge in [0.2, 0.25) is 5.91 Å². The summed E-state index contributed by atoms with van der Waals surface area (Å²) in [7, 11) is 0. The van der Waals surface area contributed by atoms with Crippen LogP contribution in [0.15, 0.2) is 35.5 Å². The molecule has 1 fully saturated rings. The largest absolute Gasteiger partial charge is 0.348 e. The monoisotopic (exact) mass is 347 g/mol. The van der Waals surface area contributed by atoms with Crippen LogP contribution in [0, 0.1) is 10.1 Å². The first-order valence-electron chi connectivity index (χ1n) is 7.62. The number of nitrogens with zero attached hydrogens (tertiary/aromatic N) is 4. The van der Waals surface area contributed by atoms with Crippen LogP contribution in [0.4, 0.5) is 5.69 Å². The Morgan fingerprint density at radius 1 is 1.46 bits per heavy atom. The fourth-order valence-electron chi connectivity index (χ4n) is 2.26. The molecule has 1 heterocycles. The Morgan fingerprint density at radius 2 is 2.17 bits per heavy atom. The zero-order valence-corrected chi connectivity index (χ0v) is 13.9. The average Bonchev–Trinajstić information content (AvgIpc) is 3.31. The van der Waals surface area contributed by atoms with Crippen LogP contribution in [0.1, 0.15) is 31.6 Å². The smallest absolute Gasteiger partial charge is 0.269 e. The van der Waals surface area contributed by atoms with E-state index in [9.17, 15) is 14.9 Å². The molecule has 1 N–H and O–H groups in total. The molecule has 2 aromatic rings. The number of thioether (sulfide) groups is 1. The summed E-state index contributed by atoms with van der Waals surface area (Å²) in [6.07, 6.45) is 3.96. The lowest BCUT2D eigenvalue weighted by Crippen LogP contribution is -2.31. The molecule has 1 atom stereocenters. The number of hydrogen-bond donors (Lipinski definition) is 1. The molecule has 1 aliphatic carbocycles. The van der Waals surface area contributed by atoms with Gasteiger partial charge >= 0.3 is 0 Å². The molecular formula is C15H17N5O3S. The van der Waals surface area contributed by atoms with Gasteiger partial charge in [-0.15, -0.1) is 22.0 Å². The molecule has 1 aromatic heterocycles. The lowest BCUT2D eigenvalue weighted by Gasteiger charge is -2.12. The van der Waals surface area contributed by atoms with E-state index >= 15 is 0 Å². The Bertz CT molecular complexity index is 742. The molecule has 3 rings (SSSR count). The summed E-state index contributed by atoms with van der Waals surface area (Å²) in [6, 6.07) is 6.64. The van der Waals surface area contributed by atoms with Crippen molar-refractivity contribution in [2.45, 2.75) is 42.5 Å². The fraction of sp³-hybridized carbons (Fsp3) is 0.400. The van der Waals surface area contributed by atoms with Gasteiger partial charge in [0, 0.05) is 23.1 Å². The van der Waals surface area contributed by atoms with Crippen molar-refractivity contribution in [2.75, 3.05) is 0 Å². The maximum atomic E-state index is 12.2. The molecule has 0 spiro atoms. The van der Waals surface area contributed by atoms with Gasteiger partial charge < -0.3 is 9.88 Å². The zero-order chi connectivity index (χ0) is 17.1. The minimum atomic E-state index is -0.444. The number of rotatable bonds is 7. The average molecular weight is 347 g/mol. The molecule has 1 amide bonds. The third kappa shape index (κ3) is 3.91. The van der Waals surface area contributed by atoms with Gasteiger partial charge in [0.1, 0.15) is 6.33 Å². The number of nitrogens with one attached hydrogen (secondary N) is 1. The van der Waals surface area contributed by atoms with Crippen molar-refractivity contribution in [2.24, 2.45) is 0 Å². The SMILES string of the molecule is CC(Sc1ccc([N+](=O)[O-])cc1)C(=O)NCc1nncn1C1CC1. The molecule has 0 radical (unpaired) electrons. The number of carbonyl (C=O) groups excluding carboxylic acids is 1. The molecule has 0 saturated heterocycles. The first-order chi connectivity index (χ1) is 11.5. The van der Waals surface area contributed by atoms with Crippen molar-refractivity contribution in [1.82, 2.24) is 20.1 Å². The Morgan fingerprint density at radius 3 is 2.79 bits per heavy atom. The highest BCUT2D eigenvalue weighted by atomic mass is 32.2. The van der Waals surface area contributed by atoms with Crippen molar-refractivity contribution in [3.63, 3.8) is 0 Å². The Balaban J connectivity index is 1.52. The number of carbonyl (C=O) groups is 1. The van der Waals surface area contributed by atoms with Gasteiger partial charge in [-0.25, -0.2) is 0 Å². The Kier molecular flexibility index (Phi) is 4.79. The number of aromatic nitrogens is 3. The van der Waals surface area contributed by atoms with Gasteiger partial charge in [-0.3, -0.25) is 14.9 Å². The summed E-state index contributed by atoms with van der Waals surface area (Å²) in [5.74, 6) is 0.655. The van der Waals surface area contributed by atoms with Crippen LogP contribution in [0.3, 0.4) is 0 Å². The van der Waals surface area contributed by atoms with Gasteiger partial charge in [0.05, 0.1) is 16.7 Å². The number of hydrogen-bond acceptors (Lipinski definition) is 6. The van der Waals surface area contributed by atoms with Crippen molar-refractivity contribution < 1.29 is 9.72 Å². The normalized spacial score (nSPS) is 15.0. The van der Waals surface area contributed by atoms with Crippen LogP contribution in [0.25, 0.3) is 0 Å². The number of nitro groups is 1. The van der Waals surface area contributed by atoms with Crippen molar-refractivity contribution in [3.05, 3.63) is 46.5 Å². The Labute approximate surface area is 142 Å². The second kappa shape index (κ2) is 7.00. The standard InChI is InChI=1S/C15H17N5O3S/c1-10(24-13-6-4-12(5-7-13)20(22)23)15(21)16-8-14-18-17-9-19(14)11-2-3-11/h4-7,9-11H,2-3,8H2,1H3,(H,16,21). The van der Waals surface area contributed by atoms with E-state index in [1.165, 1.54) is 23.9 Å². The molecule has 1 unspecified atom stereocenters. The molecule has 0 aliphatic heterocycles. The third-order valence-corrected chi connectivity index (χ3v) is 4.85. The first kappa shape index (κ1) is 16.4. The highest BCUT2D eigenvalue weighted by molar-refractivity contribution is 8.00. The lowest BCUT2D eigenvalue weighted by molar-refractivity contribution is -0.384. The molecular weight excluding hydrogens is 330 g/mol. The van der Waals surface area contributed by atoms with Gasteiger partial charge in [0.15, 0.2) is 5.82 Å². The van der Waals surface area contributed by atoms with E-state index in [2.05, 4.69) is 15.5 Å². The topological polar surface area (TPSA) is 103 Å². The summed E-state index contributed by atoms with van der Waals surface area (Å²) in [4.78, 5) is 23.2. The fourth-order valence-corrected chi connectivity index (χ4v) is 3.16. The number of non-ortho nitro benzene ring substituents is 1. The third-order valence-electron chi connectivity index (χ3n) is 3.74. The quantitative estimate of drug-likeness (QED) is 0.468. The van der Waals surface area contributed by atoms with Crippen molar-refractivity contribution >= 4 is 23.4 Å². The van der Waals surface area contributed by atoms with E-state index in [1.807, 2.05) is 4.57 Å². The number of nitro benzene ring substituents is 1. The second-order valence-electron chi connectivity index (χ2n) is 5.61. The van der Waals surface area contributed by atoms with E-state index < -0.39 is 4.92 Å². The van der Waals surface area contributed by atoms with Crippen molar-refractivity contribution in [3.8, 4) is 0 Å². The minimum absolute atomic E-state index is 0.0378. The predicted molar refractivity (Wildman–Crippen MR) is 88.6 cm³/mol. The molecule has 1 aliphatic rings. The van der Waals surface area contributed by atoms with E-state index in [0.717, 1.165) is 23.6 Å². The second-order valence-corrected chi connectivity index (χ2v) is 7.03. The highest BCUT2D eigenvalue weighted by Gasteiger charge is 2.26. The first-order valence-corrected chi connectivity index (χ1v) is 8.50. The number of benzene rings is 1. The number of amides is 1. The summed E-state index contributed by atoms with van der Waals surface area (Å²) in [5, 5.41) is 21.1. The van der Waals surface area contributed by atoms with Crippen LogP contribution in [0.5, 0.6) is 0 Å².